The molecule has 1 atom stereocenters. The highest BCUT2D eigenvalue weighted by molar-refractivity contribution is 7.89. The van der Waals surface area contributed by atoms with E-state index in [-0.39, 0.29) is 13.1 Å². The van der Waals surface area contributed by atoms with Crippen molar-refractivity contribution < 1.29 is 27.8 Å². The molecule has 1 saturated heterocycles. The van der Waals surface area contributed by atoms with E-state index in [1.807, 2.05) is 17.0 Å². The largest absolute Gasteiger partial charge is 0.493 e. The van der Waals surface area contributed by atoms with Gasteiger partial charge in [-0.15, -0.1) is 5.92 Å². The number of sulfonamides is 1. The monoisotopic (exact) mass is 467 g/mol. The maximum atomic E-state index is 12.9. The molecule has 0 saturated carbocycles. The van der Waals surface area contributed by atoms with E-state index in [0.29, 0.717) is 31.0 Å². The number of carbonyl (C=O) groups is 1. The van der Waals surface area contributed by atoms with Crippen LogP contribution in [0.25, 0.3) is 0 Å². The number of rotatable bonds is 10. The van der Waals surface area contributed by atoms with Gasteiger partial charge in [0.2, 0.25) is 10.0 Å². The molecule has 32 heavy (non-hydrogen) atoms. The molecule has 1 fully saturated rings. The summed E-state index contributed by atoms with van der Waals surface area (Å²) < 4.78 is 37.7. The molecule has 9 nitrogen and oxygen atoms in total. The minimum atomic E-state index is -3.91. The lowest BCUT2D eigenvalue weighted by molar-refractivity contribution is -0.140. The second-order valence-corrected chi connectivity index (χ2v) is 9.69. The maximum absolute atomic E-state index is 12.9. The first-order chi connectivity index (χ1) is 15.2. The van der Waals surface area contributed by atoms with Crippen molar-refractivity contribution in [1.82, 2.24) is 4.31 Å². The minimum Gasteiger partial charge on any atom is -0.493 e. The standard InChI is InChI=1S/C22H33N3O6S/c1-4-5-6-7-8-11-22(23,21(26)27)17-32(28,29)25-14-12-24(13-15-25)18-9-10-19(30-2)20(16-18)31-3/h9-10,16H,4-7,12-15,17,23H2,1-3H3,(H,26,27). The number of nitrogens with two attached hydrogens (primary N) is 1. The van der Waals surface area contributed by atoms with Crippen molar-refractivity contribution >= 4 is 21.7 Å². The van der Waals surface area contributed by atoms with E-state index in [9.17, 15) is 18.3 Å². The van der Waals surface area contributed by atoms with Gasteiger partial charge in [-0.3, -0.25) is 0 Å². The van der Waals surface area contributed by atoms with Crippen LogP contribution in [0.5, 0.6) is 11.5 Å². The van der Waals surface area contributed by atoms with Gasteiger partial charge in [0.05, 0.1) is 14.2 Å². The summed E-state index contributed by atoms with van der Waals surface area (Å²) in [6.45, 7) is 3.38. The molecule has 1 aromatic rings. The fraction of sp³-hybridized carbons (Fsp3) is 0.591. The topological polar surface area (TPSA) is 122 Å². The molecule has 1 aliphatic rings. The second-order valence-electron chi connectivity index (χ2n) is 7.72. The summed E-state index contributed by atoms with van der Waals surface area (Å²) in [6, 6.07) is 5.52. The molecular formula is C22H33N3O6S. The van der Waals surface area contributed by atoms with Gasteiger partial charge in [0, 0.05) is 44.4 Å². The summed E-state index contributed by atoms with van der Waals surface area (Å²) in [6.07, 6.45) is 3.30. The average molecular weight is 468 g/mol. The molecule has 1 unspecified atom stereocenters. The van der Waals surface area contributed by atoms with Crippen LogP contribution in [0.2, 0.25) is 0 Å². The van der Waals surface area contributed by atoms with Crippen molar-refractivity contribution in [2.24, 2.45) is 5.73 Å². The second kappa shape index (κ2) is 11.4. The molecule has 2 rings (SSSR count). The van der Waals surface area contributed by atoms with E-state index in [1.54, 1.807) is 20.3 Å². The van der Waals surface area contributed by atoms with Gasteiger partial charge in [-0.05, 0) is 18.6 Å². The third-order valence-electron chi connectivity index (χ3n) is 5.37. The van der Waals surface area contributed by atoms with E-state index < -0.39 is 27.3 Å². The van der Waals surface area contributed by atoms with Crippen molar-refractivity contribution in [3.63, 3.8) is 0 Å². The highest BCUT2D eigenvalue weighted by Gasteiger charge is 2.40. The van der Waals surface area contributed by atoms with Gasteiger partial charge in [-0.25, -0.2) is 13.2 Å². The number of aliphatic carboxylic acids is 1. The lowest BCUT2D eigenvalue weighted by Gasteiger charge is -2.36. The smallest absolute Gasteiger partial charge is 0.337 e. The van der Waals surface area contributed by atoms with Crippen LogP contribution < -0.4 is 20.1 Å². The zero-order chi connectivity index (χ0) is 23.8. The Hall–Kier alpha value is -2.48. The SMILES string of the molecule is CCCCCC#CC(N)(CS(=O)(=O)N1CCN(c2ccc(OC)c(OC)c2)CC1)C(=O)O. The Labute approximate surface area is 190 Å². The Balaban J connectivity index is 2.05. The number of benzene rings is 1. The Bertz CT molecular complexity index is 948. The fourth-order valence-electron chi connectivity index (χ4n) is 3.46. The Morgan fingerprint density at radius 3 is 2.38 bits per heavy atom. The van der Waals surface area contributed by atoms with Crippen LogP contribution in [-0.2, 0) is 14.8 Å². The van der Waals surface area contributed by atoms with Crippen molar-refractivity contribution in [3.05, 3.63) is 18.2 Å². The highest BCUT2D eigenvalue weighted by atomic mass is 32.2. The molecule has 3 N–H and O–H groups in total. The van der Waals surface area contributed by atoms with Crippen LogP contribution in [0, 0.1) is 11.8 Å². The van der Waals surface area contributed by atoms with Gasteiger partial charge in [-0.2, -0.15) is 4.31 Å². The fourth-order valence-corrected chi connectivity index (χ4v) is 5.13. The Kier molecular flexibility index (Phi) is 9.19. The van der Waals surface area contributed by atoms with E-state index >= 15 is 0 Å². The highest BCUT2D eigenvalue weighted by Crippen LogP contribution is 2.32. The summed E-state index contributed by atoms with van der Waals surface area (Å²) in [4.78, 5) is 13.7. The summed E-state index contributed by atoms with van der Waals surface area (Å²) in [5.41, 5.74) is 4.66. The van der Waals surface area contributed by atoms with Crippen molar-refractivity contribution in [2.75, 3.05) is 51.1 Å². The third kappa shape index (κ3) is 6.51. The predicted octanol–water partition coefficient (Wildman–Crippen LogP) is 1.52. The first-order valence-electron chi connectivity index (χ1n) is 10.6. The van der Waals surface area contributed by atoms with Crippen molar-refractivity contribution in [3.8, 4) is 23.3 Å². The first-order valence-corrected chi connectivity index (χ1v) is 12.2. The van der Waals surface area contributed by atoms with Gasteiger partial charge in [0.25, 0.3) is 0 Å². The molecule has 0 aliphatic carbocycles. The number of nitrogens with zero attached hydrogens (tertiary/aromatic N) is 2. The number of piperazine rings is 1. The number of methoxy groups -OCH3 is 2. The number of anilines is 1. The molecule has 1 heterocycles. The lowest BCUT2D eigenvalue weighted by Crippen LogP contribution is -2.57. The van der Waals surface area contributed by atoms with Crippen LogP contribution in [0.15, 0.2) is 18.2 Å². The van der Waals surface area contributed by atoms with Crippen LogP contribution >= 0.6 is 0 Å². The average Bonchev–Trinajstić information content (AvgIpc) is 2.78. The zero-order valence-corrected chi connectivity index (χ0v) is 19.8. The predicted molar refractivity (Wildman–Crippen MR) is 124 cm³/mol. The first kappa shape index (κ1) is 25.8. The summed E-state index contributed by atoms with van der Waals surface area (Å²) in [7, 11) is -0.792. The van der Waals surface area contributed by atoms with E-state index in [4.69, 9.17) is 15.2 Å². The quantitative estimate of drug-likeness (QED) is 0.392. The van der Waals surface area contributed by atoms with Gasteiger partial charge < -0.3 is 25.2 Å². The van der Waals surface area contributed by atoms with E-state index in [0.717, 1.165) is 24.9 Å². The molecule has 10 heteroatoms. The molecule has 0 radical (unpaired) electrons. The number of carboxylic acid groups (broad SMARTS) is 1. The summed E-state index contributed by atoms with van der Waals surface area (Å²) >= 11 is 0. The number of unbranched alkanes of at least 4 members (excludes halogenated alkanes) is 3. The lowest BCUT2D eigenvalue weighted by atomic mass is 10.0. The molecule has 0 amide bonds. The zero-order valence-electron chi connectivity index (χ0n) is 19.0. The Morgan fingerprint density at radius 2 is 1.81 bits per heavy atom. The number of carboxylic acids is 1. The number of hydrogen-bond acceptors (Lipinski definition) is 7. The maximum Gasteiger partial charge on any atom is 0.337 e. The van der Waals surface area contributed by atoms with E-state index in [2.05, 4.69) is 18.8 Å². The van der Waals surface area contributed by atoms with Gasteiger partial charge in [0.15, 0.2) is 17.0 Å². The van der Waals surface area contributed by atoms with Gasteiger partial charge >= 0.3 is 5.97 Å². The van der Waals surface area contributed by atoms with Gasteiger partial charge in [0.1, 0.15) is 5.75 Å². The van der Waals surface area contributed by atoms with E-state index in [1.165, 1.54) is 4.31 Å². The molecule has 0 aromatic heterocycles. The normalized spacial score (nSPS) is 16.6. The molecule has 1 aromatic carbocycles. The van der Waals surface area contributed by atoms with Crippen molar-refractivity contribution in [2.45, 2.75) is 38.1 Å². The number of hydrogen-bond donors (Lipinski definition) is 2. The molecule has 0 spiro atoms. The summed E-state index contributed by atoms with van der Waals surface area (Å²) in [5, 5.41) is 9.54. The number of ether oxygens (including phenoxy) is 2. The molecule has 0 bridgehead atoms. The molecule has 1 aliphatic heterocycles. The molecular weight excluding hydrogens is 434 g/mol. The Morgan fingerprint density at radius 1 is 1.16 bits per heavy atom. The minimum absolute atomic E-state index is 0.219. The third-order valence-corrected chi connectivity index (χ3v) is 7.34. The summed E-state index contributed by atoms with van der Waals surface area (Å²) in [5.74, 6) is 4.25. The van der Waals surface area contributed by atoms with Crippen LogP contribution in [-0.4, -0.2) is 75.5 Å². The molecule has 178 valence electrons. The van der Waals surface area contributed by atoms with Crippen LogP contribution in [0.4, 0.5) is 5.69 Å². The van der Waals surface area contributed by atoms with Crippen LogP contribution in [0.3, 0.4) is 0 Å². The van der Waals surface area contributed by atoms with Crippen LogP contribution in [0.1, 0.15) is 32.6 Å². The van der Waals surface area contributed by atoms with Crippen molar-refractivity contribution in [1.29, 1.82) is 0 Å². The van der Waals surface area contributed by atoms with Gasteiger partial charge in [-0.1, -0.05) is 25.7 Å².